The van der Waals surface area contributed by atoms with E-state index in [9.17, 15) is 0 Å². The molecule has 5 nitrogen and oxygen atoms in total. The van der Waals surface area contributed by atoms with Gasteiger partial charge in [-0.2, -0.15) is 0 Å². The lowest BCUT2D eigenvalue weighted by molar-refractivity contribution is 0.0705. The van der Waals surface area contributed by atoms with Crippen LogP contribution in [0.3, 0.4) is 0 Å². The number of ether oxygens (including phenoxy) is 2. The second-order valence-electron chi connectivity index (χ2n) is 5.66. The van der Waals surface area contributed by atoms with Gasteiger partial charge in [0, 0.05) is 31.2 Å². The molecule has 0 saturated carbocycles. The molecule has 0 aliphatic rings. The molecule has 0 saturated heterocycles. The second kappa shape index (κ2) is 9.11. The summed E-state index contributed by atoms with van der Waals surface area (Å²) in [7, 11) is 1.68. The lowest BCUT2D eigenvalue weighted by Crippen LogP contribution is -2.10. The van der Waals surface area contributed by atoms with Crippen molar-refractivity contribution in [2.24, 2.45) is 0 Å². The molecule has 3 rings (SSSR count). The lowest BCUT2D eigenvalue weighted by Gasteiger charge is -2.11. The van der Waals surface area contributed by atoms with E-state index in [0.717, 1.165) is 41.1 Å². The highest BCUT2D eigenvalue weighted by Crippen LogP contribution is 2.24. The maximum absolute atomic E-state index is 5.49. The zero-order valence-corrected chi connectivity index (χ0v) is 14.4. The maximum Gasteiger partial charge on any atom is 0.162 e. The monoisotopic (exact) mass is 337 g/mol. The van der Waals surface area contributed by atoms with Crippen LogP contribution in [0.1, 0.15) is 6.42 Å². The highest BCUT2D eigenvalue weighted by Gasteiger charge is 2.08. The van der Waals surface area contributed by atoms with Gasteiger partial charge in [-0.05, 0) is 18.6 Å². The molecular formula is C20H23N3O2. The molecule has 0 aliphatic carbocycles. The fourth-order valence-electron chi connectivity index (χ4n) is 2.55. The van der Waals surface area contributed by atoms with Crippen molar-refractivity contribution in [2.45, 2.75) is 6.42 Å². The molecule has 0 amide bonds. The van der Waals surface area contributed by atoms with Crippen LogP contribution in [-0.4, -0.2) is 43.4 Å². The third kappa shape index (κ3) is 4.75. The van der Waals surface area contributed by atoms with Gasteiger partial charge in [0.2, 0.25) is 0 Å². The Morgan fingerprint density at radius 2 is 1.68 bits per heavy atom. The molecule has 0 fully saturated rings. The van der Waals surface area contributed by atoms with Crippen molar-refractivity contribution in [3.63, 3.8) is 0 Å². The number of methoxy groups -OCH3 is 1. The fourth-order valence-corrected chi connectivity index (χ4v) is 2.55. The number of rotatable bonds is 9. The van der Waals surface area contributed by atoms with Crippen LogP contribution < -0.4 is 5.32 Å². The predicted octanol–water partition coefficient (Wildman–Crippen LogP) is 3.76. The summed E-state index contributed by atoms with van der Waals surface area (Å²) in [6, 6.07) is 18.1. The lowest BCUT2D eigenvalue weighted by atomic mass is 10.2. The van der Waals surface area contributed by atoms with Gasteiger partial charge >= 0.3 is 0 Å². The van der Waals surface area contributed by atoms with Crippen LogP contribution in [0, 0.1) is 0 Å². The topological polar surface area (TPSA) is 56.3 Å². The second-order valence-corrected chi connectivity index (χ2v) is 5.66. The number of aromatic nitrogens is 2. The molecule has 0 spiro atoms. The molecule has 130 valence electrons. The normalized spacial score (nSPS) is 10.9. The van der Waals surface area contributed by atoms with E-state index in [4.69, 9.17) is 19.4 Å². The van der Waals surface area contributed by atoms with Crippen LogP contribution in [0.4, 0.5) is 5.82 Å². The van der Waals surface area contributed by atoms with E-state index in [2.05, 4.69) is 5.32 Å². The van der Waals surface area contributed by atoms with Gasteiger partial charge in [-0.25, -0.2) is 9.97 Å². The Hall–Kier alpha value is -2.50. The van der Waals surface area contributed by atoms with Crippen molar-refractivity contribution in [1.29, 1.82) is 0 Å². The smallest absolute Gasteiger partial charge is 0.162 e. The number of hydrogen-bond acceptors (Lipinski definition) is 5. The molecule has 0 radical (unpaired) electrons. The van der Waals surface area contributed by atoms with E-state index in [-0.39, 0.29) is 0 Å². The first-order valence-electron chi connectivity index (χ1n) is 8.51. The van der Waals surface area contributed by atoms with Crippen molar-refractivity contribution in [3.8, 4) is 11.4 Å². The summed E-state index contributed by atoms with van der Waals surface area (Å²) < 4.78 is 10.5. The molecule has 0 unspecified atom stereocenters. The van der Waals surface area contributed by atoms with E-state index in [1.54, 1.807) is 7.11 Å². The van der Waals surface area contributed by atoms with E-state index in [0.29, 0.717) is 19.8 Å². The van der Waals surface area contributed by atoms with E-state index in [1.807, 2.05) is 54.6 Å². The van der Waals surface area contributed by atoms with Crippen LogP contribution in [0.15, 0.2) is 54.6 Å². The van der Waals surface area contributed by atoms with Gasteiger partial charge in [0.15, 0.2) is 5.82 Å². The number of nitrogens with zero attached hydrogens (tertiary/aromatic N) is 2. The van der Waals surface area contributed by atoms with Gasteiger partial charge in [0.05, 0.1) is 18.7 Å². The van der Waals surface area contributed by atoms with Crippen molar-refractivity contribution in [1.82, 2.24) is 9.97 Å². The molecule has 0 aliphatic heterocycles. The molecule has 2 aromatic carbocycles. The Morgan fingerprint density at radius 1 is 0.880 bits per heavy atom. The highest BCUT2D eigenvalue weighted by molar-refractivity contribution is 5.90. The van der Waals surface area contributed by atoms with Crippen molar-refractivity contribution in [3.05, 3.63) is 54.6 Å². The molecule has 5 heteroatoms. The van der Waals surface area contributed by atoms with E-state index < -0.39 is 0 Å². The number of anilines is 1. The van der Waals surface area contributed by atoms with Crippen LogP contribution in [0.2, 0.25) is 0 Å². The minimum Gasteiger partial charge on any atom is -0.382 e. The highest BCUT2D eigenvalue weighted by atomic mass is 16.5. The Balaban J connectivity index is 1.72. The van der Waals surface area contributed by atoms with Gasteiger partial charge < -0.3 is 14.8 Å². The largest absolute Gasteiger partial charge is 0.382 e. The quantitative estimate of drug-likeness (QED) is 0.603. The van der Waals surface area contributed by atoms with Crippen molar-refractivity contribution in [2.75, 3.05) is 38.8 Å². The van der Waals surface area contributed by atoms with Crippen LogP contribution in [0.5, 0.6) is 0 Å². The predicted molar refractivity (Wildman–Crippen MR) is 101 cm³/mol. The third-order valence-electron chi connectivity index (χ3n) is 3.82. The van der Waals surface area contributed by atoms with Gasteiger partial charge in [-0.1, -0.05) is 42.5 Å². The van der Waals surface area contributed by atoms with E-state index >= 15 is 0 Å². The molecule has 3 aromatic rings. The maximum atomic E-state index is 5.49. The van der Waals surface area contributed by atoms with Crippen LogP contribution in [0.25, 0.3) is 22.3 Å². The molecule has 1 heterocycles. The zero-order chi connectivity index (χ0) is 17.3. The first-order valence-corrected chi connectivity index (χ1v) is 8.51. The first kappa shape index (κ1) is 17.3. The minimum absolute atomic E-state index is 0.629. The number of para-hydroxylation sites is 1. The summed E-state index contributed by atoms with van der Waals surface area (Å²) >= 11 is 0. The Bertz CT molecular complexity index is 793. The molecule has 25 heavy (non-hydrogen) atoms. The van der Waals surface area contributed by atoms with E-state index in [1.165, 1.54) is 0 Å². The summed E-state index contributed by atoms with van der Waals surface area (Å²) in [5.74, 6) is 1.60. The number of hydrogen-bond donors (Lipinski definition) is 1. The summed E-state index contributed by atoms with van der Waals surface area (Å²) in [4.78, 5) is 9.43. The molecule has 0 bridgehead atoms. The average Bonchev–Trinajstić information content (AvgIpc) is 2.67. The summed E-state index contributed by atoms with van der Waals surface area (Å²) in [5.41, 5.74) is 1.95. The van der Waals surface area contributed by atoms with Gasteiger partial charge in [0.1, 0.15) is 5.82 Å². The first-order chi connectivity index (χ1) is 12.4. The fraction of sp³-hybridized carbons (Fsp3) is 0.300. The Morgan fingerprint density at radius 3 is 2.52 bits per heavy atom. The number of nitrogens with one attached hydrogen (secondary N) is 1. The average molecular weight is 337 g/mol. The van der Waals surface area contributed by atoms with Gasteiger partial charge in [0.25, 0.3) is 0 Å². The molecule has 1 aromatic heterocycles. The zero-order valence-electron chi connectivity index (χ0n) is 14.4. The van der Waals surface area contributed by atoms with Crippen molar-refractivity contribution < 1.29 is 9.47 Å². The Labute approximate surface area is 148 Å². The number of fused-ring (bicyclic) bond motifs is 1. The van der Waals surface area contributed by atoms with Crippen LogP contribution in [-0.2, 0) is 9.47 Å². The SMILES string of the molecule is COCCOCCCNc1nc(-c2ccccc2)nc2ccccc12. The standard InChI is InChI=1S/C20H23N3O2/c1-24-14-15-25-13-7-12-21-20-17-10-5-6-11-18(17)22-19(23-20)16-8-3-2-4-9-16/h2-6,8-11H,7,12-15H2,1H3,(H,21,22,23). The Kier molecular flexibility index (Phi) is 6.31. The van der Waals surface area contributed by atoms with Gasteiger partial charge in [-0.15, -0.1) is 0 Å². The minimum atomic E-state index is 0.629. The molecule has 0 atom stereocenters. The van der Waals surface area contributed by atoms with Crippen LogP contribution >= 0.6 is 0 Å². The summed E-state index contributed by atoms with van der Waals surface area (Å²) in [6.45, 7) is 2.75. The third-order valence-corrected chi connectivity index (χ3v) is 3.82. The summed E-state index contributed by atoms with van der Waals surface area (Å²) in [5, 5.41) is 4.46. The molecular weight excluding hydrogens is 314 g/mol. The van der Waals surface area contributed by atoms with Crippen molar-refractivity contribution >= 4 is 16.7 Å². The summed E-state index contributed by atoms with van der Waals surface area (Å²) in [6.07, 6.45) is 0.905. The number of benzene rings is 2. The molecule has 1 N–H and O–H groups in total. The van der Waals surface area contributed by atoms with Gasteiger partial charge in [-0.3, -0.25) is 0 Å².